The molecule has 33 heavy (non-hydrogen) atoms. The lowest BCUT2D eigenvalue weighted by molar-refractivity contribution is 0.253. The second kappa shape index (κ2) is 10.1. The van der Waals surface area contributed by atoms with Crippen LogP contribution in [0.2, 0.25) is 0 Å². The summed E-state index contributed by atoms with van der Waals surface area (Å²) in [4.78, 5) is 20.6. The summed E-state index contributed by atoms with van der Waals surface area (Å²) in [6.45, 7) is 4.24. The predicted octanol–water partition coefficient (Wildman–Crippen LogP) is 4.99. The fourth-order valence-corrected chi connectivity index (χ4v) is 4.79. The van der Waals surface area contributed by atoms with Gasteiger partial charge in [0.1, 0.15) is 5.82 Å². The number of hydrogen-bond acceptors (Lipinski definition) is 6. The summed E-state index contributed by atoms with van der Waals surface area (Å²) in [6.07, 6.45) is 0.974. The number of methoxy groups -OCH3 is 2. The largest absolute Gasteiger partial charge is 0.493 e. The second-order valence-corrected chi connectivity index (χ2v) is 8.57. The van der Waals surface area contributed by atoms with Crippen molar-refractivity contribution in [3.05, 3.63) is 81.3 Å². The number of rotatable bonds is 9. The van der Waals surface area contributed by atoms with Crippen molar-refractivity contribution in [1.82, 2.24) is 14.3 Å². The highest BCUT2D eigenvalue weighted by Gasteiger charge is 2.14. The van der Waals surface area contributed by atoms with Crippen molar-refractivity contribution in [2.45, 2.75) is 26.4 Å². The van der Waals surface area contributed by atoms with Crippen LogP contribution in [-0.4, -0.2) is 35.0 Å². The Morgan fingerprint density at radius 1 is 1.03 bits per heavy atom. The molecule has 0 unspecified atom stereocenters. The van der Waals surface area contributed by atoms with E-state index in [0.717, 1.165) is 35.5 Å². The predicted molar refractivity (Wildman–Crippen MR) is 129 cm³/mol. The summed E-state index contributed by atoms with van der Waals surface area (Å²) in [7, 11) is 3.24. The number of aromatic nitrogens is 2. The maximum Gasteiger partial charge on any atom is 0.259 e. The summed E-state index contributed by atoms with van der Waals surface area (Å²) in [5.41, 5.74) is 3.17. The number of thiazole rings is 1. The van der Waals surface area contributed by atoms with E-state index in [2.05, 4.69) is 11.8 Å². The van der Waals surface area contributed by atoms with Gasteiger partial charge < -0.3 is 9.47 Å². The van der Waals surface area contributed by atoms with E-state index in [4.69, 9.17) is 14.5 Å². The van der Waals surface area contributed by atoms with Crippen LogP contribution >= 0.6 is 11.3 Å². The van der Waals surface area contributed by atoms with Crippen LogP contribution in [0.3, 0.4) is 0 Å². The number of ether oxygens (including phenoxy) is 2. The Labute approximate surface area is 195 Å². The molecule has 0 radical (unpaired) electrons. The van der Waals surface area contributed by atoms with E-state index in [1.165, 1.54) is 23.5 Å². The van der Waals surface area contributed by atoms with Crippen LogP contribution in [0.15, 0.2) is 58.7 Å². The molecule has 172 valence electrons. The minimum atomic E-state index is -0.309. The van der Waals surface area contributed by atoms with Crippen molar-refractivity contribution >= 4 is 16.3 Å². The Kier molecular flexibility index (Phi) is 7.05. The highest BCUT2D eigenvalue weighted by atomic mass is 32.1. The molecule has 0 atom stereocenters. The Bertz CT molecular complexity index is 1300. The Morgan fingerprint density at radius 3 is 2.48 bits per heavy atom. The molecule has 2 heterocycles. The van der Waals surface area contributed by atoms with Gasteiger partial charge in [-0.05, 0) is 60.5 Å². The van der Waals surface area contributed by atoms with Crippen molar-refractivity contribution in [2.75, 3.05) is 20.8 Å². The third kappa shape index (κ3) is 5.07. The zero-order valence-corrected chi connectivity index (χ0v) is 19.7. The molecule has 2 aromatic heterocycles. The van der Waals surface area contributed by atoms with Gasteiger partial charge in [-0.2, -0.15) is 0 Å². The fraction of sp³-hybridized carbons (Fsp3) is 0.280. The van der Waals surface area contributed by atoms with Crippen LogP contribution < -0.4 is 15.0 Å². The lowest BCUT2D eigenvalue weighted by atomic mass is 10.1. The van der Waals surface area contributed by atoms with Gasteiger partial charge in [-0.3, -0.25) is 14.1 Å². The van der Waals surface area contributed by atoms with Crippen LogP contribution in [0, 0.1) is 5.82 Å². The second-order valence-electron chi connectivity index (χ2n) is 7.73. The molecule has 4 rings (SSSR count). The zero-order valence-electron chi connectivity index (χ0n) is 18.9. The molecule has 0 saturated carbocycles. The SMILES string of the molecule is CCCN(Cc1ccc(OC)c(OC)c1)Cc1cc(=O)n2c(-c3ccc(F)cc3)csc2n1. The van der Waals surface area contributed by atoms with Crippen molar-refractivity contribution in [2.24, 2.45) is 0 Å². The van der Waals surface area contributed by atoms with Gasteiger partial charge in [-0.1, -0.05) is 13.0 Å². The van der Waals surface area contributed by atoms with Gasteiger partial charge in [0.25, 0.3) is 5.56 Å². The highest BCUT2D eigenvalue weighted by molar-refractivity contribution is 7.15. The molecular weight excluding hydrogens is 441 g/mol. The smallest absolute Gasteiger partial charge is 0.259 e. The van der Waals surface area contributed by atoms with E-state index >= 15 is 0 Å². The molecule has 0 bridgehead atoms. The lowest BCUT2D eigenvalue weighted by Crippen LogP contribution is -2.26. The molecule has 8 heteroatoms. The number of hydrogen-bond donors (Lipinski definition) is 0. The van der Waals surface area contributed by atoms with Crippen molar-refractivity contribution < 1.29 is 13.9 Å². The normalized spacial score (nSPS) is 11.3. The van der Waals surface area contributed by atoms with Crippen LogP contribution in [0.25, 0.3) is 16.2 Å². The molecule has 0 aliphatic heterocycles. The topological polar surface area (TPSA) is 56.1 Å². The first-order valence-corrected chi connectivity index (χ1v) is 11.6. The summed E-state index contributed by atoms with van der Waals surface area (Å²) in [6, 6.07) is 13.6. The van der Waals surface area contributed by atoms with E-state index in [0.29, 0.717) is 29.5 Å². The number of halogens is 1. The standard InChI is InChI=1S/C25H26FN3O3S/c1-4-11-28(14-17-5-10-22(31-2)23(12-17)32-3)15-20-13-24(30)29-21(16-33-25(29)27-20)18-6-8-19(26)9-7-18/h5-10,12-13,16H,4,11,14-15H2,1-3H3. The summed E-state index contributed by atoms with van der Waals surface area (Å²) >= 11 is 1.40. The monoisotopic (exact) mass is 467 g/mol. The molecule has 2 aromatic carbocycles. The Hall–Kier alpha value is -3.23. The van der Waals surface area contributed by atoms with E-state index < -0.39 is 0 Å². The van der Waals surface area contributed by atoms with Gasteiger partial charge in [0.15, 0.2) is 16.5 Å². The van der Waals surface area contributed by atoms with Crippen molar-refractivity contribution in [3.63, 3.8) is 0 Å². The summed E-state index contributed by atoms with van der Waals surface area (Å²) in [5, 5.41) is 1.88. The third-order valence-electron chi connectivity index (χ3n) is 5.38. The first-order valence-electron chi connectivity index (χ1n) is 10.7. The van der Waals surface area contributed by atoms with Gasteiger partial charge in [-0.25, -0.2) is 9.37 Å². The molecular formula is C25H26FN3O3S. The van der Waals surface area contributed by atoms with Gasteiger partial charge >= 0.3 is 0 Å². The number of nitrogens with zero attached hydrogens (tertiary/aromatic N) is 3. The first kappa shape index (κ1) is 22.9. The molecule has 0 N–H and O–H groups in total. The molecule has 0 spiro atoms. The maximum absolute atomic E-state index is 13.3. The number of fused-ring (bicyclic) bond motifs is 1. The Morgan fingerprint density at radius 2 is 1.79 bits per heavy atom. The summed E-state index contributed by atoms with van der Waals surface area (Å²) in [5.74, 6) is 1.07. The van der Waals surface area contributed by atoms with Gasteiger partial charge in [-0.15, -0.1) is 11.3 Å². The van der Waals surface area contributed by atoms with E-state index in [9.17, 15) is 9.18 Å². The third-order valence-corrected chi connectivity index (χ3v) is 6.20. The quantitative estimate of drug-likeness (QED) is 0.347. The Balaban J connectivity index is 1.60. The van der Waals surface area contributed by atoms with E-state index in [1.54, 1.807) is 36.8 Å². The zero-order chi connectivity index (χ0) is 23.4. The van der Waals surface area contributed by atoms with Gasteiger partial charge in [0.2, 0.25) is 0 Å². The van der Waals surface area contributed by atoms with Gasteiger partial charge in [0, 0.05) is 24.5 Å². The molecule has 4 aromatic rings. The van der Waals surface area contributed by atoms with Gasteiger partial charge in [0.05, 0.1) is 25.6 Å². The highest BCUT2D eigenvalue weighted by Crippen LogP contribution is 2.28. The fourth-order valence-electron chi connectivity index (χ4n) is 3.86. The molecule has 0 fully saturated rings. The summed E-state index contributed by atoms with van der Waals surface area (Å²) < 4.78 is 25.6. The van der Waals surface area contributed by atoms with Crippen LogP contribution in [0.5, 0.6) is 11.5 Å². The molecule has 0 aliphatic rings. The first-order chi connectivity index (χ1) is 16.0. The van der Waals surface area contributed by atoms with Crippen LogP contribution in [0.4, 0.5) is 4.39 Å². The minimum absolute atomic E-state index is 0.141. The molecule has 6 nitrogen and oxygen atoms in total. The lowest BCUT2D eigenvalue weighted by Gasteiger charge is -2.22. The maximum atomic E-state index is 13.3. The molecule has 0 saturated heterocycles. The van der Waals surface area contributed by atoms with E-state index in [1.807, 2.05) is 23.6 Å². The van der Waals surface area contributed by atoms with Crippen LogP contribution in [-0.2, 0) is 13.1 Å². The van der Waals surface area contributed by atoms with Crippen molar-refractivity contribution in [1.29, 1.82) is 0 Å². The van der Waals surface area contributed by atoms with E-state index in [-0.39, 0.29) is 11.4 Å². The van der Waals surface area contributed by atoms with Crippen molar-refractivity contribution in [3.8, 4) is 22.8 Å². The van der Waals surface area contributed by atoms with Crippen LogP contribution in [0.1, 0.15) is 24.6 Å². The molecule has 0 aliphatic carbocycles. The molecule has 0 amide bonds. The average molecular weight is 468 g/mol. The average Bonchev–Trinajstić information content (AvgIpc) is 3.24. The minimum Gasteiger partial charge on any atom is -0.493 e. The number of benzene rings is 2.